The Kier molecular flexibility index (Phi) is 2.32. The second-order valence-corrected chi connectivity index (χ2v) is 7.04. The Morgan fingerprint density at radius 1 is 1.20 bits per heavy atom. The van der Waals surface area contributed by atoms with Gasteiger partial charge in [0, 0.05) is 5.92 Å². The SMILES string of the molecule is O=C1OC(=C(Br)Br)[C@H]2[C@H]1[C@@H]1C=C[C@@H]2CC1. The molecule has 1 heterocycles. The number of halogens is 2. The number of esters is 1. The molecule has 15 heavy (non-hydrogen) atoms. The van der Waals surface area contributed by atoms with Crippen LogP contribution < -0.4 is 0 Å². The number of fused-ring (bicyclic) bond motifs is 1. The van der Waals surface area contributed by atoms with Crippen molar-refractivity contribution in [1.82, 2.24) is 0 Å². The molecule has 4 atom stereocenters. The zero-order valence-electron chi connectivity index (χ0n) is 7.95. The van der Waals surface area contributed by atoms with Crippen LogP contribution >= 0.6 is 31.9 Å². The second-order valence-electron chi connectivity index (χ2n) is 4.39. The van der Waals surface area contributed by atoms with Crippen LogP contribution in [0.4, 0.5) is 0 Å². The van der Waals surface area contributed by atoms with Crippen LogP contribution in [-0.4, -0.2) is 5.97 Å². The zero-order valence-corrected chi connectivity index (χ0v) is 11.1. The predicted molar refractivity (Wildman–Crippen MR) is 63.3 cm³/mol. The standard InChI is InChI=1S/C11H10Br2O2/c12-10(13)9-7-5-1-3-6(4-2-5)8(7)11(14)15-9/h1,3,5-8H,2,4H2/t5-,6-,7-,8-/m1/s1. The maximum absolute atomic E-state index is 11.8. The first-order valence-electron chi connectivity index (χ1n) is 5.13. The summed E-state index contributed by atoms with van der Waals surface area (Å²) in [6.45, 7) is 0. The molecule has 2 fully saturated rings. The zero-order chi connectivity index (χ0) is 10.6. The van der Waals surface area contributed by atoms with Crippen LogP contribution in [0.3, 0.4) is 0 Å². The highest BCUT2D eigenvalue weighted by Crippen LogP contribution is 2.53. The van der Waals surface area contributed by atoms with Crippen LogP contribution in [0.5, 0.6) is 0 Å². The van der Waals surface area contributed by atoms with Crippen molar-refractivity contribution >= 4 is 37.8 Å². The lowest BCUT2D eigenvalue weighted by Gasteiger charge is -2.38. The largest absolute Gasteiger partial charge is 0.429 e. The third kappa shape index (κ3) is 1.37. The van der Waals surface area contributed by atoms with E-state index in [-0.39, 0.29) is 17.8 Å². The van der Waals surface area contributed by atoms with E-state index < -0.39 is 0 Å². The highest BCUT2D eigenvalue weighted by molar-refractivity contribution is 9.28. The van der Waals surface area contributed by atoms with Crippen molar-refractivity contribution in [3.8, 4) is 0 Å². The Morgan fingerprint density at radius 3 is 2.33 bits per heavy atom. The van der Waals surface area contributed by atoms with Crippen molar-refractivity contribution in [3.63, 3.8) is 0 Å². The lowest BCUT2D eigenvalue weighted by Crippen LogP contribution is -2.36. The lowest BCUT2D eigenvalue weighted by atomic mass is 9.63. The van der Waals surface area contributed by atoms with Gasteiger partial charge >= 0.3 is 5.97 Å². The molecule has 0 N–H and O–H groups in total. The summed E-state index contributed by atoms with van der Waals surface area (Å²) in [5.41, 5.74) is 0. The van der Waals surface area contributed by atoms with E-state index in [0.29, 0.717) is 11.8 Å². The normalized spacial score (nSPS) is 41.7. The molecule has 0 aromatic heterocycles. The van der Waals surface area contributed by atoms with Crippen molar-refractivity contribution in [1.29, 1.82) is 0 Å². The van der Waals surface area contributed by atoms with Crippen LogP contribution in [0.25, 0.3) is 0 Å². The maximum Gasteiger partial charge on any atom is 0.315 e. The molecule has 3 aliphatic carbocycles. The predicted octanol–water partition coefficient (Wildman–Crippen LogP) is 3.33. The first-order chi connectivity index (χ1) is 7.18. The summed E-state index contributed by atoms with van der Waals surface area (Å²) < 4.78 is 6.15. The van der Waals surface area contributed by atoms with Gasteiger partial charge in [0.15, 0.2) is 0 Å². The minimum Gasteiger partial charge on any atom is -0.429 e. The fourth-order valence-electron chi connectivity index (χ4n) is 3.08. The lowest BCUT2D eigenvalue weighted by molar-refractivity contribution is -0.141. The molecule has 4 aliphatic rings. The van der Waals surface area contributed by atoms with E-state index in [9.17, 15) is 4.79 Å². The van der Waals surface area contributed by atoms with E-state index in [1.165, 1.54) is 6.42 Å². The molecule has 0 aromatic rings. The summed E-state index contributed by atoms with van der Waals surface area (Å²) in [6.07, 6.45) is 6.75. The van der Waals surface area contributed by atoms with Crippen molar-refractivity contribution in [2.24, 2.45) is 23.7 Å². The molecule has 2 bridgehead atoms. The van der Waals surface area contributed by atoms with E-state index in [1.54, 1.807) is 0 Å². The topological polar surface area (TPSA) is 26.3 Å². The Hall–Kier alpha value is -0.0900. The maximum atomic E-state index is 11.8. The van der Waals surface area contributed by atoms with Gasteiger partial charge in [-0.3, -0.25) is 4.79 Å². The van der Waals surface area contributed by atoms with Crippen molar-refractivity contribution in [2.45, 2.75) is 12.8 Å². The fraction of sp³-hybridized carbons (Fsp3) is 0.545. The summed E-state index contributed by atoms with van der Waals surface area (Å²) in [5, 5.41) is 0. The average molecular weight is 334 g/mol. The van der Waals surface area contributed by atoms with Gasteiger partial charge in [-0.25, -0.2) is 0 Å². The quantitative estimate of drug-likeness (QED) is 0.502. The summed E-state index contributed by atoms with van der Waals surface area (Å²) in [6, 6.07) is 0. The molecule has 0 spiro atoms. The number of carbonyl (C=O) groups is 1. The highest BCUT2D eigenvalue weighted by Gasteiger charge is 2.53. The molecule has 0 amide bonds. The molecule has 0 radical (unpaired) electrons. The number of allylic oxidation sites excluding steroid dienone is 3. The van der Waals surface area contributed by atoms with Gasteiger partial charge in [-0.2, -0.15) is 0 Å². The van der Waals surface area contributed by atoms with Crippen LogP contribution in [0.1, 0.15) is 12.8 Å². The third-order valence-electron chi connectivity index (χ3n) is 3.72. The van der Waals surface area contributed by atoms with Crippen LogP contribution in [0.15, 0.2) is 21.3 Å². The average Bonchev–Trinajstić information content (AvgIpc) is 2.61. The summed E-state index contributed by atoms with van der Waals surface area (Å²) in [5.74, 6) is 1.94. The molecule has 1 saturated carbocycles. The van der Waals surface area contributed by atoms with E-state index >= 15 is 0 Å². The van der Waals surface area contributed by atoms with Gasteiger partial charge in [-0.1, -0.05) is 12.2 Å². The van der Waals surface area contributed by atoms with E-state index in [1.807, 2.05) is 0 Å². The van der Waals surface area contributed by atoms with Crippen molar-refractivity contribution in [3.05, 3.63) is 21.3 Å². The van der Waals surface area contributed by atoms with Gasteiger partial charge < -0.3 is 4.74 Å². The number of cyclic esters (lactones) is 1. The molecular weight excluding hydrogens is 324 g/mol. The minimum absolute atomic E-state index is 0.0505. The van der Waals surface area contributed by atoms with E-state index in [4.69, 9.17) is 4.74 Å². The van der Waals surface area contributed by atoms with Crippen LogP contribution in [-0.2, 0) is 9.53 Å². The van der Waals surface area contributed by atoms with Crippen molar-refractivity contribution in [2.75, 3.05) is 0 Å². The number of hydrogen-bond acceptors (Lipinski definition) is 2. The Morgan fingerprint density at radius 2 is 1.80 bits per heavy atom. The first-order valence-corrected chi connectivity index (χ1v) is 6.72. The molecule has 1 saturated heterocycles. The van der Waals surface area contributed by atoms with Gasteiger partial charge in [-0.15, -0.1) is 0 Å². The minimum atomic E-state index is -0.0505. The molecule has 0 aromatic carbocycles. The molecular formula is C11H10Br2O2. The monoisotopic (exact) mass is 332 g/mol. The Bertz CT molecular complexity index is 382. The fourth-order valence-corrected chi connectivity index (χ4v) is 3.77. The first kappa shape index (κ1) is 10.1. The number of rotatable bonds is 0. The molecule has 1 aliphatic heterocycles. The summed E-state index contributed by atoms with van der Waals surface area (Å²) >= 11 is 6.71. The summed E-state index contributed by atoms with van der Waals surface area (Å²) in [7, 11) is 0. The van der Waals surface area contributed by atoms with Crippen LogP contribution in [0.2, 0.25) is 0 Å². The van der Waals surface area contributed by atoms with Crippen LogP contribution in [0, 0.1) is 23.7 Å². The van der Waals surface area contributed by atoms with E-state index in [0.717, 1.165) is 15.6 Å². The number of ether oxygens (including phenoxy) is 1. The second kappa shape index (κ2) is 3.45. The molecule has 0 unspecified atom stereocenters. The highest BCUT2D eigenvalue weighted by atomic mass is 79.9. The molecule has 2 nitrogen and oxygen atoms in total. The molecule has 4 rings (SSSR count). The number of carbonyl (C=O) groups excluding carboxylic acids is 1. The number of hydrogen-bond donors (Lipinski definition) is 0. The Labute approximate surface area is 105 Å². The summed E-state index contributed by atoms with van der Waals surface area (Å²) in [4.78, 5) is 11.8. The van der Waals surface area contributed by atoms with E-state index in [2.05, 4.69) is 44.0 Å². The van der Waals surface area contributed by atoms with Gasteiger partial charge in [0.2, 0.25) is 0 Å². The van der Waals surface area contributed by atoms with Gasteiger partial charge in [0.1, 0.15) is 5.76 Å². The smallest absolute Gasteiger partial charge is 0.315 e. The Balaban J connectivity index is 2.08. The van der Waals surface area contributed by atoms with Gasteiger partial charge in [0.05, 0.1) is 9.31 Å². The third-order valence-corrected chi connectivity index (χ3v) is 4.50. The van der Waals surface area contributed by atoms with Crippen molar-refractivity contribution < 1.29 is 9.53 Å². The van der Waals surface area contributed by atoms with Gasteiger partial charge in [-0.05, 0) is 56.5 Å². The van der Waals surface area contributed by atoms with Gasteiger partial charge in [0.25, 0.3) is 0 Å². The molecule has 80 valence electrons. The molecule has 4 heteroatoms.